The summed E-state index contributed by atoms with van der Waals surface area (Å²) in [6.45, 7) is 0. The molecule has 0 unspecified atom stereocenters. The Morgan fingerprint density at radius 1 is 1.13 bits per heavy atom. The Kier molecular flexibility index (Phi) is 4.48. The molecule has 0 fully saturated rings. The van der Waals surface area contributed by atoms with Gasteiger partial charge in [-0.05, 0) is 24.0 Å². The largest absolute Gasteiger partial charge is 0.497 e. The SMILES string of the molecule is COc1cc2c(c(OC)c1)[C@H](c1ccc(SC)cc1)CC(=O)N2. The van der Waals surface area contributed by atoms with Crippen molar-refractivity contribution in [2.45, 2.75) is 17.2 Å². The topological polar surface area (TPSA) is 47.6 Å². The molecule has 1 amide bonds. The minimum atomic E-state index is -0.0180. The Balaban J connectivity index is 2.11. The summed E-state index contributed by atoms with van der Waals surface area (Å²) in [6.07, 6.45) is 2.46. The second-order valence-corrected chi connectivity index (χ2v) is 6.25. The summed E-state index contributed by atoms with van der Waals surface area (Å²) >= 11 is 1.70. The zero-order chi connectivity index (χ0) is 16.4. The smallest absolute Gasteiger partial charge is 0.225 e. The van der Waals surface area contributed by atoms with Gasteiger partial charge in [-0.1, -0.05) is 12.1 Å². The first-order valence-electron chi connectivity index (χ1n) is 7.36. The maximum atomic E-state index is 12.1. The highest BCUT2D eigenvalue weighted by atomic mass is 32.2. The number of rotatable bonds is 4. The number of benzene rings is 2. The van der Waals surface area contributed by atoms with Crippen molar-refractivity contribution in [2.24, 2.45) is 0 Å². The maximum absolute atomic E-state index is 12.1. The summed E-state index contributed by atoms with van der Waals surface area (Å²) in [5.74, 6) is 1.39. The molecule has 1 N–H and O–H groups in total. The fourth-order valence-electron chi connectivity index (χ4n) is 2.96. The number of amides is 1. The van der Waals surface area contributed by atoms with E-state index in [2.05, 4.69) is 29.6 Å². The summed E-state index contributed by atoms with van der Waals surface area (Å²) in [5.41, 5.74) is 2.88. The molecule has 120 valence electrons. The number of carbonyl (C=O) groups is 1. The van der Waals surface area contributed by atoms with Crippen LogP contribution in [0.4, 0.5) is 5.69 Å². The molecule has 23 heavy (non-hydrogen) atoms. The number of fused-ring (bicyclic) bond motifs is 1. The second-order valence-electron chi connectivity index (χ2n) is 5.37. The van der Waals surface area contributed by atoms with Crippen molar-refractivity contribution in [1.29, 1.82) is 0 Å². The molecule has 0 radical (unpaired) electrons. The minimum absolute atomic E-state index is 0.00625. The van der Waals surface area contributed by atoms with Gasteiger partial charge in [0.05, 0.1) is 19.9 Å². The molecule has 0 spiro atoms. The van der Waals surface area contributed by atoms with E-state index in [4.69, 9.17) is 9.47 Å². The Bertz CT molecular complexity index is 728. The maximum Gasteiger partial charge on any atom is 0.225 e. The van der Waals surface area contributed by atoms with Crippen LogP contribution in [0.5, 0.6) is 11.5 Å². The molecule has 2 aromatic rings. The van der Waals surface area contributed by atoms with Gasteiger partial charge < -0.3 is 14.8 Å². The molecule has 1 atom stereocenters. The Labute approximate surface area is 140 Å². The fraction of sp³-hybridized carbons (Fsp3) is 0.278. The molecule has 2 aromatic carbocycles. The van der Waals surface area contributed by atoms with Crippen LogP contribution in [-0.4, -0.2) is 26.4 Å². The standard InChI is InChI=1S/C18H19NO3S/c1-21-12-8-15-18(16(9-12)22-2)14(10-17(20)19-15)11-4-6-13(23-3)7-5-11/h4-9,14H,10H2,1-3H3,(H,19,20)/t14-/m0/s1. The summed E-state index contributed by atoms with van der Waals surface area (Å²) in [6, 6.07) is 12.0. The molecule has 0 saturated carbocycles. The van der Waals surface area contributed by atoms with Crippen LogP contribution in [0.25, 0.3) is 0 Å². The van der Waals surface area contributed by atoms with Crippen molar-refractivity contribution in [3.05, 3.63) is 47.5 Å². The molecular weight excluding hydrogens is 310 g/mol. The molecule has 1 aliphatic heterocycles. The summed E-state index contributed by atoms with van der Waals surface area (Å²) < 4.78 is 10.8. The third kappa shape index (κ3) is 3.01. The van der Waals surface area contributed by atoms with Crippen molar-refractivity contribution in [1.82, 2.24) is 0 Å². The summed E-state index contributed by atoms with van der Waals surface area (Å²) in [4.78, 5) is 13.3. The number of methoxy groups -OCH3 is 2. The monoisotopic (exact) mass is 329 g/mol. The lowest BCUT2D eigenvalue weighted by molar-refractivity contribution is -0.116. The van der Waals surface area contributed by atoms with Gasteiger partial charge in [0.25, 0.3) is 0 Å². The van der Waals surface area contributed by atoms with Crippen molar-refractivity contribution in [3.8, 4) is 11.5 Å². The third-order valence-electron chi connectivity index (χ3n) is 4.10. The van der Waals surface area contributed by atoms with Crippen LogP contribution in [0, 0.1) is 0 Å². The molecule has 0 saturated heterocycles. The van der Waals surface area contributed by atoms with Gasteiger partial charge in [0.15, 0.2) is 0 Å². The Morgan fingerprint density at radius 3 is 2.48 bits per heavy atom. The minimum Gasteiger partial charge on any atom is -0.497 e. The van der Waals surface area contributed by atoms with Gasteiger partial charge in [-0.2, -0.15) is 0 Å². The van der Waals surface area contributed by atoms with Gasteiger partial charge in [-0.25, -0.2) is 0 Å². The van der Waals surface area contributed by atoms with Crippen molar-refractivity contribution < 1.29 is 14.3 Å². The first kappa shape index (κ1) is 15.7. The van der Waals surface area contributed by atoms with E-state index in [1.54, 1.807) is 26.0 Å². The van der Waals surface area contributed by atoms with Crippen LogP contribution >= 0.6 is 11.8 Å². The average Bonchev–Trinajstić information content (AvgIpc) is 2.59. The van der Waals surface area contributed by atoms with Crippen LogP contribution in [-0.2, 0) is 4.79 Å². The average molecular weight is 329 g/mol. The normalized spacial score (nSPS) is 16.5. The lowest BCUT2D eigenvalue weighted by Gasteiger charge is -2.28. The molecule has 4 nitrogen and oxygen atoms in total. The number of nitrogens with one attached hydrogen (secondary N) is 1. The van der Waals surface area contributed by atoms with E-state index in [0.717, 1.165) is 22.6 Å². The first-order chi connectivity index (χ1) is 11.2. The van der Waals surface area contributed by atoms with Crippen LogP contribution in [0.1, 0.15) is 23.5 Å². The molecule has 0 aliphatic carbocycles. The van der Waals surface area contributed by atoms with Gasteiger partial charge in [-0.15, -0.1) is 11.8 Å². The van der Waals surface area contributed by atoms with Crippen molar-refractivity contribution in [2.75, 3.05) is 25.8 Å². The number of thioether (sulfide) groups is 1. The molecule has 0 aromatic heterocycles. The number of ether oxygens (including phenoxy) is 2. The van der Waals surface area contributed by atoms with Gasteiger partial charge in [0, 0.05) is 34.9 Å². The highest BCUT2D eigenvalue weighted by Crippen LogP contribution is 2.44. The summed E-state index contributed by atoms with van der Waals surface area (Å²) in [5, 5.41) is 2.93. The van der Waals surface area contributed by atoms with E-state index in [1.807, 2.05) is 18.4 Å². The number of anilines is 1. The predicted octanol–water partition coefficient (Wildman–Crippen LogP) is 3.90. The fourth-order valence-corrected chi connectivity index (χ4v) is 3.37. The van der Waals surface area contributed by atoms with Gasteiger partial charge in [0.1, 0.15) is 11.5 Å². The van der Waals surface area contributed by atoms with E-state index in [0.29, 0.717) is 12.2 Å². The van der Waals surface area contributed by atoms with Crippen LogP contribution in [0.15, 0.2) is 41.3 Å². The van der Waals surface area contributed by atoms with E-state index in [-0.39, 0.29) is 11.8 Å². The van der Waals surface area contributed by atoms with Crippen molar-refractivity contribution in [3.63, 3.8) is 0 Å². The van der Waals surface area contributed by atoms with Crippen LogP contribution in [0.3, 0.4) is 0 Å². The number of carbonyl (C=O) groups excluding carboxylic acids is 1. The van der Waals surface area contributed by atoms with E-state index in [9.17, 15) is 4.79 Å². The van der Waals surface area contributed by atoms with Gasteiger partial charge >= 0.3 is 0 Å². The van der Waals surface area contributed by atoms with Crippen LogP contribution < -0.4 is 14.8 Å². The molecule has 5 heteroatoms. The number of hydrogen-bond acceptors (Lipinski definition) is 4. The first-order valence-corrected chi connectivity index (χ1v) is 8.58. The van der Waals surface area contributed by atoms with Crippen molar-refractivity contribution >= 4 is 23.4 Å². The second kappa shape index (κ2) is 6.54. The van der Waals surface area contributed by atoms with Gasteiger partial charge in [0.2, 0.25) is 5.91 Å². The predicted molar refractivity (Wildman–Crippen MR) is 92.9 cm³/mol. The van der Waals surface area contributed by atoms with E-state index < -0.39 is 0 Å². The molecule has 1 heterocycles. The summed E-state index contributed by atoms with van der Waals surface area (Å²) in [7, 11) is 3.24. The molecular formula is C18H19NO3S. The molecule has 3 rings (SSSR count). The van der Waals surface area contributed by atoms with E-state index >= 15 is 0 Å². The zero-order valence-corrected chi connectivity index (χ0v) is 14.2. The lowest BCUT2D eigenvalue weighted by atomic mass is 9.84. The molecule has 1 aliphatic rings. The number of hydrogen-bond donors (Lipinski definition) is 1. The zero-order valence-electron chi connectivity index (χ0n) is 13.4. The molecule has 0 bridgehead atoms. The quantitative estimate of drug-likeness (QED) is 0.864. The lowest BCUT2D eigenvalue weighted by Crippen LogP contribution is -2.24. The Hall–Kier alpha value is -2.14. The van der Waals surface area contributed by atoms with Crippen LogP contribution in [0.2, 0.25) is 0 Å². The highest BCUT2D eigenvalue weighted by Gasteiger charge is 2.30. The van der Waals surface area contributed by atoms with E-state index in [1.165, 1.54) is 4.90 Å². The highest BCUT2D eigenvalue weighted by molar-refractivity contribution is 7.98. The Morgan fingerprint density at radius 2 is 1.87 bits per heavy atom. The third-order valence-corrected chi connectivity index (χ3v) is 4.85. The van der Waals surface area contributed by atoms with Gasteiger partial charge in [-0.3, -0.25) is 4.79 Å².